The van der Waals surface area contributed by atoms with Gasteiger partial charge < -0.3 is 15.7 Å². The van der Waals surface area contributed by atoms with Crippen LogP contribution in [0.2, 0.25) is 0 Å². The van der Waals surface area contributed by atoms with Crippen molar-refractivity contribution in [3.8, 4) is 0 Å². The number of nitrogens with one attached hydrogen (secondary N) is 2. The van der Waals surface area contributed by atoms with Crippen molar-refractivity contribution in [1.82, 2.24) is 10.6 Å². The number of nitrogens with zero attached hydrogens (tertiary/aromatic N) is 1. The number of aliphatic hydroxyl groups is 1. The van der Waals surface area contributed by atoms with Crippen LogP contribution in [0.5, 0.6) is 0 Å². The van der Waals surface area contributed by atoms with Gasteiger partial charge in [0.1, 0.15) is 29.3 Å². The minimum Gasteiger partial charge on any atom is -0.378 e. The first-order valence-electron chi connectivity index (χ1n) is 10.7. The number of halogens is 2. The van der Waals surface area contributed by atoms with E-state index in [4.69, 9.17) is 0 Å². The van der Waals surface area contributed by atoms with Crippen LogP contribution in [0.1, 0.15) is 23.6 Å². The van der Waals surface area contributed by atoms with Crippen LogP contribution in [-0.2, 0) is 21.6 Å². The summed E-state index contributed by atoms with van der Waals surface area (Å²) < 4.78 is 26.8. The summed E-state index contributed by atoms with van der Waals surface area (Å²) in [5, 5.41) is 17.1. The highest BCUT2D eigenvalue weighted by atomic mass is 19.1. The van der Waals surface area contributed by atoms with E-state index in [0.29, 0.717) is 16.8 Å². The van der Waals surface area contributed by atoms with Crippen LogP contribution in [0, 0.1) is 11.6 Å². The molecule has 3 atom stereocenters. The standard InChI is InChI=1S/C26H23F2N3O3/c1-16(30-24(32)13-17-11-19(27)14-20(28)12-17)25(33)31-23-15-29-22-10-6-5-9-21(22)26(23,34)18-7-3-2-4-8-18/h2-12,14-16,23,34H,13H2,1H3,(H,30,32)(H,31,33)/t16-,23?,26?/m0/s1. The molecule has 0 saturated heterocycles. The molecule has 0 aromatic heterocycles. The summed E-state index contributed by atoms with van der Waals surface area (Å²) in [6.45, 7) is 1.48. The van der Waals surface area contributed by atoms with Gasteiger partial charge in [0.15, 0.2) is 0 Å². The highest BCUT2D eigenvalue weighted by Gasteiger charge is 2.44. The molecule has 2 unspecified atom stereocenters. The average molecular weight is 463 g/mol. The van der Waals surface area contributed by atoms with Crippen LogP contribution in [0.4, 0.5) is 14.5 Å². The first-order valence-corrected chi connectivity index (χ1v) is 10.7. The lowest BCUT2D eigenvalue weighted by molar-refractivity contribution is -0.129. The molecule has 1 heterocycles. The molecule has 0 saturated carbocycles. The second kappa shape index (κ2) is 9.52. The third-order valence-corrected chi connectivity index (χ3v) is 5.70. The first kappa shape index (κ1) is 23.3. The van der Waals surface area contributed by atoms with Gasteiger partial charge in [0.2, 0.25) is 11.8 Å². The van der Waals surface area contributed by atoms with Gasteiger partial charge in [-0.2, -0.15) is 0 Å². The molecule has 0 bridgehead atoms. The zero-order valence-electron chi connectivity index (χ0n) is 18.3. The number of carbonyl (C=O) groups is 2. The second-order valence-electron chi connectivity index (χ2n) is 8.16. The Morgan fingerprint density at radius 3 is 2.38 bits per heavy atom. The van der Waals surface area contributed by atoms with Crippen molar-refractivity contribution < 1.29 is 23.5 Å². The maximum Gasteiger partial charge on any atom is 0.242 e. The summed E-state index contributed by atoms with van der Waals surface area (Å²) in [5.74, 6) is -2.70. The summed E-state index contributed by atoms with van der Waals surface area (Å²) in [6, 6.07) is 17.0. The van der Waals surface area contributed by atoms with E-state index < -0.39 is 41.1 Å². The van der Waals surface area contributed by atoms with Gasteiger partial charge in [-0.15, -0.1) is 0 Å². The van der Waals surface area contributed by atoms with E-state index in [1.54, 1.807) is 42.5 Å². The molecule has 0 aliphatic carbocycles. The summed E-state index contributed by atoms with van der Waals surface area (Å²) >= 11 is 0. The van der Waals surface area contributed by atoms with Crippen LogP contribution < -0.4 is 10.6 Å². The predicted molar refractivity (Wildman–Crippen MR) is 124 cm³/mol. The monoisotopic (exact) mass is 463 g/mol. The topological polar surface area (TPSA) is 90.8 Å². The largest absolute Gasteiger partial charge is 0.378 e. The third-order valence-electron chi connectivity index (χ3n) is 5.70. The molecule has 34 heavy (non-hydrogen) atoms. The lowest BCUT2D eigenvalue weighted by Gasteiger charge is -2.39. The summed E-state index contributed by atoms with van der Waals surface area (Å²) in [6.07, 6.45) is 1.18. The molecule has 1 aliphatic heterocycles. The van der Waals surface area contributed by atoms with Crippen LogP contribution in [0.3, 0.4) is 0 Å². The molecule has 3 N–H and O–H groups in total. The fraction of sp³-hybridized carbons (Fsp3) is 0.192. The van der Waals surface area contributed by atoms with Crippen LogP contribution in [0.25, 0.3) is 0 Å². The molecule has 0 spiro atoms. The Bertz CT molecular complexity index is 1230. The number of hydrogen-bond acceptors (Lipinski definition) is 4. The smallest absolute Gasteiger partial charge is 0.242 e. The normalized spacial score (nSPS) is 19.7. The van der Waals surface area contributed by atoms with Gasteiger partial charge in [-0.25, -0.2) is 8.78 Å². The van der Waals surface area contributed by atoms with Crippen molar-refractivity contribution in [2.75, 3.05) is 0 Å². The minimum absolute atomic E-state index is 0.150. The van der Waals surface area contributed by atoms with Crippen molar-refractivity contribution in [3.63, 3.8) is 0 Å². The Kier molecular flexibility index (Phi) is 6.51. The molecule has 3 aromatic carbocycles. The lowest BCUT2D eigenvalue weighted by Crippen LogP contribution is -2.57. The molecular weight excluding hydrogens is 440 g/mol. The maximum atomic E-state index is 13.4. The summed E-state index contributed by atoms with van der Waals surface area (Å²) in [4.78, 5) is 29.6. The number of fused-ring (bicyclic) bond motifs is 1. The molecule has 6 nitrogen and oxygen atoms in total. The summed E-state index contributed by atoms with van der Waals surface area (Å²) in [5.41, 5.74) is 0.264. The molecule has 3 aromatic rings. The third kappa shape index (κ3) is 4.72. The van der Waals surface area contributed by atoms with Crippen molar-refractivity contribution in [1.29, 1.82) is 0 Å². The molecule has 0 radical (unpaired) electrons. The molecule has 8 heteroatoms. The van der Waals surface area contributed by atoms with E-state index in [9.17, 15) is 23.5 Å². The van der Waals surface area contributed by atoms with E-state index in [2.05, 4.69) is 15.6 Å². The molecule has 174 valence electrons. The van der Waals surface area contributed by atoms with E-state index in [1.165, 1.54) is 13.1 Å². The van der Waals surface area contributed by atoms with Crippen molar-refractivity contribution >= 4 is 23.7 Å². The fourth-order valence-electron chi connectivity index (χ4n) is 4.04. The number of carbonyl (C=O) groups excluding carboxylic acids is 2. The number of para-hydroxylation sites is 1. The zero-order chi connectivity index (χ0) is 24.3. The quantitative estimate of drug-likeness (QED) is 0.525. The van der Waals surface area contributed by atoms with Crippen LogP contribution in [0.15, 0.2) is 77.8 Å². The maximum absolute atomic E-state index is 13.4. The Labute approximate surface area is 195 Å². The number of benzene rings is 3. The van der Waals surface area contributed by atoms with Gasteiger partial charge in [0.25, 0.3) is 0 Å². The second-order valence-corrected chi connectivity index (χ2v) is 8.16. The van der Waals surface area contributed by atoms with Crippen LogP contribution in [-0.4, -0.2) is 35.2 Å². The highest BCUT2D eigenvalue weighted by molar-refractivity contribution is 5.91. The Morgan fingerprint density at radius 2 is 1.68 bits per heavy atom. The van der Waals surface area contributed by atoms with E-state index in [-0.39, 0.29) is 12.0 Å². The van der Waals surface area contributed by atoms with Gasteiger partial charge in [-0.1, -0.05) is 48.5 Å². The van der Waals surface area contributed by atoms with Crippen molar-refractivity contribution in [3.05, 3.63) is 101 Å². The number of aliphatic imine (C=N–C) groups is 1. The van der Waals surface area contributed by atoms with Gasteiger partial charge >= 0.3 is 0 Å². The minimum atomic E-state index is -1.59. The van der Waals surface area contributed by atoms with Gasteiger partial charge in [0, 0.05) is 17.8 Å². The number of rotatable bonds is 6. The first-order chi connectivity index (χ1) is 16.3. The fourth-order valence-corrected chi connectivity index (χ4v) is 4.04. The number of amides is 2. The molecular formula is C26H23F2N3O3. The Balaban J connectivity index is 1.50. The molecule has 0 fully saturated rings. The highest BCUT2D eigenvalue weighted by Crippen LogP contribution is 2.40. The Morgan fingerprint density at radius 1 is 1.03 bits per heavy atom. The Hall–Kier alpha value is -3.91. The van der Waals surface area contributed by atoms with E-state index in [1.807, 2.05) is 12.1 Å². The summed E-state index contributed by atoms with van der Waals surface area (Å²) in [7, 11) is 0. The van der Waals surface area contributed by atoms with Crippen molar-refractivity contribution in [2.24, 2.45) is 4.99 Å². The lowest BCUT2D eigenvalue weighted by atomic mass is 9.78. The van der Waals surface area contributed by atoms with E-state index in [0.717, 1.165) is 18.2 Å². The van der Waals surface area contributed by atoms with Gasteiger partial charge in [-0.3, -0.25) is 14.6 Å². The van der Waals surface area contributed by atoms with Gasteiger partial charge in [0.05, 0.1) is 12.1 Å². The molecule has 1 aliphatic rings. The molecule has 2 amide bonds. The predicted octanol–water partition coefficient (Wildman–Crippen LogP) is 3.15. The van der Waals surface area contributed by atoms with Gasteiger partial charge in [-0.05, 0) is 36.2 Å². The zero-order valence-corrected chi connectivity index (χ0v) is 18.3. The van der Waals surface area contributed by atoms with Crippen LogP contribution >= 0.6 is 0 Å². The average Bonchev–Trinajstić information content (AvgIpc) is 2.80. The van der Waals surface area contributed by atoms with Crippen molar-refractivity contribution in [2.45, 2.75) is 31.0 Å². The SMILES string of the molecule is C[C@H](NC(=O)Cc1cc(F)cc(F)c1)C(=O)NC1C=Nc2ccccc2C1(O)c1ccccc1. The number of hydrogen-bond donors (Lipinski definition) is 3. The van der Waals surface area contributed by atoms with E-state index >= 15 is 0 Å². The molecule has 4 rings (SSSR count).